The number of nitrogens with one attached hydrogen (secondary N) is 2. The lowest BCUT2D eigenvalue weighted by molar-refractivity contribution is 0.639. The van der Waals surface area contributed by atoms with Gasteiger partial charge in [-0.3, -0.25) is 4.79 Å². The highest BCUT2D eigenvalue weighted by Gasteiger charge is 2.01. The average molecular weight is 286 g/mol. The van der Waals surface area contributed by atoms with E-state index >= 15 is 0 Å². The van der Waals surface area contributed by atoms with E-state index in [1.807, 2.05) is 19.2 Å². The van der Waals surface area contributed by atoms with Crippen LogP contribution in [0.25, 0.3) is 0 Å². The summed E-state index contributed by atoms with van der Waals surface area (Å²) in [7, 11) is 1.89. The first-order chi connectivity index (χ1) is 10.2. The van der Waals surface area contributed by atoms with Gasteiger partial charge in [-0.25, -0.2) is 4.68 Å². The Morgan fingerprint density at radius 3 is 2.48 bits per heavy atom. The zero-order chi connectivity index (χ0) is 15.1. The molecule has 2 aromatic rings. The Labute approximate surface area is 125 Å². The van der Waals surface area contributed by atoms with Crippen LogP contribution in [0.3, 0.4) is 0 Å². The molecule has 0 aliphatic carbocycles. The van der Waals surface area contributed by atoms with Crippen LogP contribution in [0.15, 0.2) is 41.3 Å². The van der Waals surface area contributed by atoms with Crippen molar-refractivity contribution in [2.24, 2.45) is 0 Å². The summed E-state index contributed by atoms with van der Waals surface area (Å²) < 4.78 is 1.48. The standard InChI is InChI=1S/C16H22N4O/c1-3-13-4-6-14(7-5-13)12-20-16(21)10-15(11-19-20)18-9-8-17-2/h4-7,10-11,17-18H,3,8-9,12H2,1-2H3. The molecule has 0 atom stereocenters. The monoisotopic (exact) mass is 286 g/mol. The van der Waals surface area contributed by atoms with Crippen molar-refractivity contribution >= 4 is 5.69 Å². The van der Waals surface area contributed by atoms with Gasteiger partial charge >= 0.3 is 0 Å². The minimum atomic E-state index is -0.0935. The Bertz CT molecular complexity index is 619. The molecule has 0 saturated carbocycles. The fourth-order valence-electron chi connectivity index (χ4n) is 2.03. The third-order valence-electron chi connectivity index (χ3n) is 3.34. The van der Waals surface area contributed by atoms with Gasteiger partial charge in [-0.2, -0.15) is 5.10 Å². The van der Waals surface area contributed by atoms with Gasteiger partial charge in [0.2, 0.25) is 0 Å². The van der Waals surface area contributed by atoms with Gasteiger partial charge < -0.3 is 10.6 Å². The van der Waals surface area contributed by atoms with Crippen LogP contribution in [-0.2, 0) is 13.0 Å². The van der Waals surface area contributed by atoms with E-state index in [1.54, 1.807) is 12.3 Å². The van der Waals surface area contributed by atoms with Crippen LogP contribution < -0.4 is 16.2 Å². The molecule has 21 heavy (non-hydrogen) atoms. The van der Waals surface area contributed by atoms with Crippen LogP contribution >= 0.6 is 0 Å². The Hall–Kier alpha value is -2.14. The molecule has 0 spiro atoms. The van der Waals surface area contributed by atoms with Crippen LogP contribution in [0.5, 0.6) is 0 Å². The third-order valence-corrected chi connectivity index (χ3v) is 3.34. The second kappa shape index (κ2) is 7.59. The van der Waals surface area contributed by atoms with Crippen LogP contribution in [-0.4, -0.2) is 29.9 Å². The summed E-state index contributed by atoms with van der Waals surface area (Å²) in [4.78, 5) is 12.0. The molecular formula is C16H22N4O. The molecule has 1 aromatic heterocycles. The van der Waals surface area contributed by atoms with E-state index in [0.29, 0.717) is 6.54 Å². The summed E-state index contributed by atoms with van der Waals surface area (Å²) in [6, 6.07) is 9.86. The molecule has 1 aromatic carbocycles. The number of rotatable bonds is 7. The minimum absolute atomic E-state index is 0.0935. The van der Waals surface area contributed by atoms with E-state index in [2.05, 4.69) is 34.8 Å². The van der Waals surface area contributed by atoms with E-state index in [9.17, 15) is 4.79 Å². The van der Waals surface area contributed by atoms with Crippen molar-refractivity contribution in [2.75, 3.05) is 25.5 Å². The zero-order valence-corrected chi connectivity index (χ0v) is 12.6. The summed E-state index contributed by atoms with van der Waals surface area (Å²) in [6.45, 7) is 4.23. The van der Waals surface area contributed by atoms with Crippen LogP contribution in [0.2, 0.25) is 0 Å². The second-order valence-electron chi connectivity index (χ2n) is 4.94. The van der Waals surface area contributed by atoms with E-state index in [-0.39, 0.29) is 5.56 Å². The number of likely N-dealkylation sites (N-methyl/N-ethyl adjacent to an activating group) is 1. The molecule has 112 valence electrons. The van der Waals surface area contributed by atoms with Gasteiger partial charge in [0.05, 0.1) is 18.4 Å². The second-order valence-corrected chi connectivity index (χ2v) is 4.94. The van der Waals surface area contributed by atoms with Crippen molar-refractivity contribution in [3.63, 3.8) is 0 Å². The zero-order valence-electron chi connectivity index (χ0n) is 12.6. The van der Waals surface area contributed by atoms with Crippen LogP contribution in [0.1, 0.15) is 18.1 Å². The lowest BCUT2D eigenvalue weighted by Crippen LogP contribution is -2.24. The number of benzene rings is 1. The third kappa shape index (κ3) is 4.43. The van der Waals surface area contributed by atoms with Gasteiger partial charge in [-0.15, -0.1) is 0 Å². The first-order valence-corrected chi connectivity index (χ1v) is 7.26. The molecule has 0 aliphatic heterocycles. The molecule has 0 aliphatic rings. The van der Waals surface area contributed by atoms with Crippen molar-refractivity contribution in [3.8, 4) is 0 Å². The highest BCUT2D eigenvalue weighted by Crippen LogP contribution is 2.06. The quantitative estimate of drug-likeness (QED) is 0.757. The molecule has 0 unspecified atom stereocenters. The van der Waals surface area contributed by atoms with Gasteiger partial charge in [-0.1, -0.05) is 31.2 Å². The number of hydrogen-bond donors (Lipinski definition) is 2. The number of nitrogens with zero attached hydrogens (tertiary/aromatic N) is 2. The lowest BCUT2D eigenvalue weighted by atomic mass is 10.1. The SMILES string of the molecule is CCc1ccc(Cn2ncc(NCCNC)cc2=O)cc1. The molecule has 0 saturated heterocycles. The van der Waals surface area contributed by atoms with Crippen molar-refractivity contribution in [3.05, 3.63) is 58.0 Å². The predicted molar refractivity (Wildman–Crippen MR) is 85.8 cm³/mol. The molecule has 0 amide bonds. The van der Waals surface area contributed by atoms with E-state index in [1.165, 1.54) is 10.2 Å². The Morgan fingerprint density at radius 2 is 1.86 bits per heavy atom. The number of anilines is 1. The maximum absolute atomic E-state index is 12.0. The van der Waals surface area contributed by atoms with Crippen molar-refractivity contribution in [1.29, 1.82) is 0 Å². The van der Waals surface area contributed by atoms with E-state index < -0.39 is 0 Å². The van der Waals surface area contributed by atoms with Crippen LogP contribution in [0.4, 0.5) is 5.69 Å². The summed E-state index contributed by atoms with van der Waals surface area (Å²) in [6.07, 6.45) is 2.71. The molecule has 2 N–H and O–H groups in total. The molecule has 5 heteroatoms. The van der Waals surface area contributed by atoms with Gasteiger partial charge in [0.1, 0.15) is 0 Å². The Morgan fingerprint density at radius 1 is 1.14 bits per heavy atom. The Balaban J connectivity index is 2.04. The normalized spacial score (nSPS) is 10.6. The minimum Gasteiger partial charge on any atom is -0.382 e. The highest BCUT2D eigenvalue weighted by molar-refractivity contribution is 5.38. The number of aryl methyl sites for hydroxylation is 1. The van der Waals surface area contributed by atoms with Crippen molar-refractivity contribution < 1.29 is 0 Å². The maximum atomic E-state index is 12.0. The fourth-order valence-corrected chi connectivity index (χ4v) is 2.03. The van der Waals surface area contributed by atoms with Gasteiger partial charge in [0.25, 0.3) is 5.56 Å². The predicted octanol–water partition coefficient (Wildman–Crippen LogP) is 1.49. The van der Waals surface area contributed by atoms with Gasteiger partial charge in [0.15, 0.2) is 0 Å². The summed E-state index contributed by atoms with van der Waals surface area (Å²) in [5, 5.41) is 10.4. The smallest absolute Gasteiger partial charge is 0.269 e. The molecule has 1 heterocycles. The van der Waals surface area contributed by atoms with E-state index in [0.717, 1.165) is 30.8 Å². The van der Waals surface area contributed by atoms with E-state index in [4.69, 9.17) is 0 Å². The maximum Gasteiger partial charge on any atom is 0.269 e. The van der Waals surface area contributed by atoms with Gasteiger partial charge in [0, 0.05) is 19.2 Å². The summed E-state index contributed by atoms with van der Waals surface area (Å²) in [5.41, 5.74) is 3.04. The highest BCUT2D eigenvalue weighted by atomic mass is 16.1. The van der Waals surface area contributed by atoms with Gasteiger partial charge in [-0.05, 0) is 24.6 Å². The molecule has 2 rings (SSSR count). The molecular weight excluding hydrogens is 264 g/mol. The van der Waals surface area contributed by atoms with Crippen molar-refractivity contribution in [1.82, 2.24) is 15.1 Å². The number of hydrogen-bond acceptors (Lipinski definition) is 4. The molecule has 5 nitrogen and oxygen atoms in total. The lowest BCUT2D eigenvalue weighted by Gasteiger charge is -2.08. The van der Waals surface area contributed by atoms with Crippen LogP contribution in [0, 0.1) is 0 Å². The van der Waals surface area contributed by atoms with Crippen molar-refractivity contribution in [2.45, 2.75) is 19.9 Å². The summed E-state index contributed by atoms with van der Waals surface area (Å²) in [5.74, 6) is 0. The average Bonchev–Trinajstić information content (AvgIpc) is 2.51. The first kappa shape index (κ1) is 15.3. The Kier molecular flexibility index (Phi) is 5.51. The largest absolute Gasteiger partial charge is 0.382 e. The fraction of sp³-hybridized carbons (Fsp3) is 0.375. The molecule has 0 radical (unpaired) electrons. The number of aromatic nitrogens is 2. The first-order valence-electron chi connectivity index (χ1n) is 7.26. The summed E-state index contributed by atoms with van der Waals surface area (Å²) >= 11 is 0. The molecule has 0 bridgehead atoms. The topological polar surface area (TPSA) is 59.0 Å². The molecule has 0 fully saturated rings.